The van der Waals surface area contributed by atoms with Gasteiger partial charge in [-0.2, -0.15) is 26.3 Å². The van der Waals surface area contributed by atoms with Crippen LogP contribution in [0.4, 0.5) is 31.1 Å². The number of carbonyl (C=O) groups excluding carboxylic acids is 3. The number of esters is 1. The summed E-state index contributed by atoms with van der Waals surface area (Å²) in [6.07, 6.45) is -5.77. The van der Waals surface area contributed by atoms with E-state index in [9.17, 15) is 50.6 Å². The molecule has 1 aliphatic rings. The van der Waals surface area contributed by atoms with E-state index in [0.717, 1.165) is 29.7 Å². The predicted molar refractivity (Wildman–Crippen MR) is 182 cm³/mol. The summed E-state index contributed by atoms with van der Waals surface area (Å²) >= 11 is 0. The van der Waals surface area contributed by atoms with Crippen LogP contribution in [0.1, 0.15) is 91.5 Å². The summed E-state index contributed by atoms with van der Waals surface area (Å²) in [6.45, 7) is 10.3. The van der Waals surface area contributed by atoms with Crippen molar-refractivity contribution in [3.63, 3.8) is 0 Å². The summed E-state index contributed by atoms with van der Waals surface area (Å²) in [7, 11) is 0. The van der Waals surface area contributed by atoms with E-state index in [0.29, 0.717) is 38.9 Å². The van der Waals surface area contributed by atoms with Crippen LogP contribution in [0, 0.1) is 0 Å². The summed E-state index contributed by atoms with van der Waals surface area (Å²) in [5, 5.41) is 9.34. The molecule has 0 aliphatic carbocycles. The molecule has 0 unspecified atom stereocenters. The Morgan fingerprint density at radius 3 is 1.64 bits per heavy atom. The van der Waals surface area contributed by atoms with Crippen molar-refractivity contribution in [3.8, 4) is 22.3 Å². The van der Waals surface area contributed by atoms with Gasteiger partial charge in [-0.25, -0.2) is 34.4 Å². The molecule has 1 N–H and O–H groups in total. The molecule has 0 saturated carbocycles. The number of carbonyl (C=O) groups is 4. The molecule has 2 aromatic carbocycles. The molecule has 0 fully saturated rings. The zero-order valence-corrected chi connectivity index (χ0v) is 30.3. The third-order valence-electron chi connectivity index (χ3n) is 7.35. The fraction of sp³-hybridized carbons (Fsp3) is 0.351. The maximum Gasteiger partial charge on any atom is 0.451 e. The Labute approximate surface area is 310 Å². The van der Waals surface area contributed by atoms with Gasteiger partial charge in [-0.1, -0.05) is 18.2 Å². The molecule has 2 amide bonds. The highest BCUT2D eigenvalue weighted by Gasteiger charge is 2.37. The molecule has 0 bridgehead atoms. The Kier molecular flexibility index (Phi) is 12.0. The van der Waals surface area contributed by atoms with Gasteiger partial charge in [0, 0.05) is 47.9 Å². The normalized spacial score (nSPS) is 13.1. The molecule has 5 rings (SSSR count). The van der Waals surface area contributed by atoms with Gasteiger partial charge in [-0.3, -0.25) is 9.59 Å². The number of aromatic nitrogens is 4. The number of benzene rings is 2. The van der Waals surface area contributed by atoms with E-state index in [1.165, 1.54) is 24.3 Å². The second-order valence-corrected chi connectivity index (χ2v) is 14.1. The number of carboxylic acids is 1. The molecule has 0 saturated heterocycles. The minimum absolute atomic E-state index is 0.000128. The Morgan fingerprint density at radius 1 is 0.709 bits per heavy atom. The van der Waals surface area contributed by atoms with Crippen molar-refractivity contribution in [2.45, 2.75) is 84.5 Å². The number of rotatable bonds is 6. The van der Waals surface area contributed by atoms with Crippen LogP contribution in [-0.2, 0) is 39.6 Å². The third-order valence-corrected chi connectivity index (χ3v) is 7.35. The molecular weight excluding hydrogens is 740 g/mol. The fourth-order valence-electron chi connectivity index (χ4n) is 5.03. The van der Waals surface area contributed by atoms with E-state index in [2.05, 4.69) is 19.9 Å². The number of aromatic carboxylic acids is 1. The van der Waals surface area contributed by atoms with Gasteiger partial charge in [0.05, 0.1) is 12.1 Å². The van der Waals surface area contributed by atoms with E-state index >= 15 is 0 Å². The zero-order valence-electron chi connectivity index (χ0n) is 30.3. The van der Waals surface area contributed by atoms with Crippen molar-refractivity contribution in [3.05, 3.63) is 95.1 Å². The number of ether oxygens (including phenoxy) is 2. The SMILES string of the molecule is CC(C)(C)OC(=O)CCc1cc(-c2cnc(C(F)(F)F)nc2)ccc1C(=O)O.CC(C)(C)OC(=O)N1Cc2cc(-c3cnc(C(F)(F)F)nc3)ccc2C1=O. The van der Waals surface area contributed by atoms with E-state index in [1.807, 2.05) is 0 Å². The number of alkyl halides is 6. The summed E-state index contributed by atoms with van der Waals surface area (Å²) in [4.78, 5) is 62.2. The molecule has 3 heterocycles. The molecule has 1 aliphatic heterocycles. The van der Waals surface area contributed by atoms with Gasteiger partial charge in [-0.05, 0) is 88.4 Å². The van der Waals surface area contributed by atoms with Crippen LogP contribution in [0.3, 0.4) is 0 Å². The number of fused-ring (bicyclic) bond motifs is 1. The number of halogens is 6. The Bertz CT molecular complexity index is 2070. The first-order chi connectivity index (χ1) is 25.3. The lowest BCUT2D eigenvalue weighted by Gasteiger charge is -2.23. The summed E-state index contributed by atoms with van der Waals surface area (Å²) in [5.41, 5.74) is 1.52. The van der Waals surface area contributed by atoms with Gasteiger partial charge in [0.2, 0.25) is 11.6 Å². The Hall–Kier alpha value is -5.94. The molecule has 2 aromatic heterocycles. The molecule has 55 heavy (non-hydrogen) atoms. The highest BCUT2D eigenvalue weighted by atomic mass is 19.4. The Morgan fingerprint density at radius 2 is 1.18 bits per heavy atom. The van der Waals surface area contributed by atoms with Crippen LogP contribution >= 0.6 is 0 Å². The van der Waals surface area contributed by atoms with E-state index in [4.69, 9.17) is 9.47 Å². The summed E-state index contributed by atoms with van der Waals surface area (Å²) in [5.74, 6) is -4.61. The maximum absolute atomic E-state index is 12.6. The van der Waals surface area contributed by atoms with Crippen LogP contribution < -0.4 is 0 Å². The van der Waals surface area contributed by atoms with Gasteiger partial charge in [0.15, 0.2) is 0 Å². The topological polar surface area (TPSA) is 162 Å². The number of amides is 2. The van der Waals surface area contributed by atoms with Gasteiger partial charge >= 0.3 is 30.4 Å². The van der Waals surface area contributed by atoms with Crippen LogP contribution in [0.5, 0.6) is 0 Å². The van der Waals surface area contributed by atoms with Crippen molar-refractivity contribution in [1.82, 2.24) is 24.8 Å². The molecule has 18 heteroatoms. The fourth-order valence-corrected chi connectivity index (χ4v) is 5.03. The van der Waals surface area contributed by atoms with Crippen molar-refractivity contribution in [1.29, 1.82) is 0 Å². The molecule has 0 spiro atoms. The van der Waals surface area contributed by atoms with E-state index in [1.54, 1.807) is 53.7 Å². The minimum Gasteiger partial charge on any atom is -0.478 e. The average Bonchev–Trinajstić information content (AvgIpc) is 3.41. The van der Waals surface area contributed by atoms with Crippen LogP contribution in [0.2, 0.25) is 0 Å². The monoisotopic (exact) mass is 775 g/mol. The minimum atomic E-state index is -4.65. The number of imide groups is 1. The van der Waals surface area contributed by atoms with Gasteiger partial charge in [0.1, 0.15) is 11.2 Å². The average molecular weight is 776 g/mol. The number of aryl methyl sites for hydroxylation is 1. The number of nitrogens with zero attached hydrogens (tertiary/aromatic N) is 5. The molecular formula is C37H35F6N5O7. The third kappa shape index (κ3) is 11.3. The van der Waals surface area contributed by atoms with Crippen molar-refractivity contribution < 1.29 is 60.1 Å². The molecule has 0 radical (unpaired) electrons. The number of hydrogen-bond donors (Lipinski definition) is 1. The highest BCUT2D eigenvalue weighted by molar-refractivity contribution is 6.06. The lowest BCUT2D eigenvalue weighted by atomic mass is 9.97. The first-order valence-electron chi connectivity index (χ1n) is 16.4. The van der Waals surface area contributed by atoms with Crippen LogP contribution in [0.25, 0.3) is 22.3 Å². The number of hydrogen-bond acceptors (Lipinski definition) is 10. The predicted octanol–water partition coefficient (Wildman–Crippen LogP) is 8.19. The van der Waals surface area contributed by atoms with Crippen molar-refractivity contribution >= 4 is 23.9 Å². The van der Waals surface area contributed by atoms with Crippen LogP contribution in [-0.4, -0.2) is 65.1 Å². The van der Waals surface area contributed by atoms with Gasteiger partial charge in [0.25, 0.3) is 5.91 Å². The molecule has 292 valence electrons. The zero-order chi connectivity index (χ0) is 41.1. The first kappa shape index (κ1) is 41.8. The molecule has 12 nitrogen and oxygen atoms in total. The van der Waals surface area contributed by atoms with Crippen molar-refractivity contribution in [2.75, 3.05) is 0 Å². The van der Waals surface area contributed by atoms with Crippen molar-refractivity contribution in [2.24, 2.45) is 0 Å². The summed E-state index contributed by atoms with van der Waals surface area (Å²) < 4.78 is 85.9. The lowest BCUT2D eigenvalue weighted by Crippen LogP contribution is -2.36. The van der Waals surface area contributed by atoms with Gasteiger partial charge in [-0.15, -0.1) is 0 Å². The lowest BCUT2D eigenvalue weighted by molar-refractivity contribution is -0.154. The largest absolute Gasteiger partial charge is 0.478 e. The second kappa shape index (κ2) is 15.8. The van der Waals surface area contributed by atoms with E-state index in [-0.39, 0.29) is 24.9 Å². The second-order valence-electron chi connectivity index (χ2n) is 14.1. The highest BCUT2D eigenvalue weighted by Crippen LogP contribution is 2.32. The smallest absolute Gasteiger partial charge is 0.451 e. The summed E-state index contributed by atoms with van der Waals surface area (Å²) in [6, 6.07) is 9.01. The molecule has 4 aromatic rings. The number of carboxylic acid groups (broad SMARTS) is 1. The van der Waals surface area contributed by atoms with Crippen LogP contribution in [0.15, 0.2) is 61.2 Å². The van der Waals surface area contributed by atoms with E-state index < -0.39 is 59.1 Å². The standard InChI is InChI=1S/C19H19F3N2O4.C18H16F3N3O3/c1-18(2,3)28-15(25)7-5-12-8-11(4-6-14(12)16(26)27)13-9-23-17(24-10-13)19(20,21)22;1-17(2,3)27-16(26)24-9-11-6-10(4-5-13(11)14(24)25)12-7-22-15(23-8-12)18(19,20)21/h4,6,8-10H,5,7H2,1-3H3,(H,26,27);4-8H,9H2,1-3H3. The van der Waals surface area contributed by atoms with Gasteiger partial charge < -0.3 is 14.6 Å². The first-order valence-corrected chi connectivity index (χ1v) is 16.4. The molecule has 0 atom stereocenters. The maximum atomic E-state index is 12.6. The Balaban J connectivity index is 0.000000245. The quantitative estimate of drug-likeness (QED) is 0.149.